The predicted molar refractivity (Wildman–Crippen MR) is 73.8 cm³/mol. The van der Waals surface area contributed by atoms with E-state index in [1.54, 1.807) is 0 Å². The predicted octanol–water partition coefficient (Wildman–Crippen LogP) is 2.44. The highest BCUT2D eigenvalue weighted by atomic mass is 32.2. The highest BCUT2D eigenvalue weighted by Gasteiger charge is 2.40. The summed E-state index contributed by atoms with van der Waals surface area (Å²) in [6.45, 7) is 2.66. The minimum atomic E-state index is -0.131. The fourth-order valence-electron chi connectivity index (χ4n) is 3.51. The molecule has 1 unspecified atom stereocenters. The zero-order chi connectivity index (χ0) is 12.4. The third kappa shape index (κ3) is 2.55. The molecule has 4 heteroatoms. The normalized spacial score (nSPS) is 31.8. The number of ether oxygens (including phenoxy) is 1. The zero-order valence-electron chi connectivity index (χ0n) is 11.0. The van der Waals surface area contributed by atoms with Crippen molar-refractivity contribution >= 4 is 17.7 Å². The maximum absolute atomic E-state index is 12.4. The molecule has 2 saturated heterocycles. The zero-order valence-corrected chi connectivity index (χ0v) is 11.8. The van der Waals surface area contributed by atoms with Crippen LogP contribution in [0.2, 0.25) is 0 Å². The van der Waals surface area contributed by atoms with Gasteiger partial charge in [-0.1, -0.05) is 19.3 Å². The summed E-state index contributed by atoms with van der Waals surface area (Å²) in [6.07, 6.45) is 8.50. The van der Waals surface area contributed by atoms with E-state index in [9.17, 15) is 4.79 Å². The van der Waals surface area contributed by atoms with Crippen molar-refractivity contribution in [1.29, 1.82) is 0 Å². The second-order valence-electron chi connectivity index (χ2n) is 5.85. The van der Waals surface area contributed by atoms with E-state index in [1.807, 2.05) is 0 Å². The van der Waals surface area contributed by atoms with Crippen molar-refractivity contribution in [2.24, 2.45) is 0 Å². The van der Waals surface area contributed by atoms with E-state index in [4.69, 9.17) is 4.74 Å². The lowest BCUT2D eigenvalue weighted by Crippen LogP contribution is -2.52. The molecule has 1 atom stereocenters. The minimum Gasteiger partial charge on any atom is -0.368 e. The summed E-state index contributed by atoms with van der Waals surface area (Å²) in [5.74, 6) is 1.37. The Kier molecular flexibility index (Phi) is 3.85. The lowest BCUT2D eigenvalue weighted by Gasteiger charge is -2.45. The summed E-state index contributed by atoms with van der Waals surface area (Å²) in [4.78, 5) is 14.5. The Bertz CT molecular complexity index is 303. The Morgan fingerprint density at radius 2 is 2.06 bits per heavy atom. The Morgan fingerprint density at radius 1 is 1.22 bits per heavy atom. The van der Waals surface area contributed by atoms with Gasteiger partial charge in [-0.05, 0) is 25.7 Å². The summed E-state index contributed by atoms with van der Waals surface area (Å²) >= 11 is 2.12. The molecule has 2 aliphatic heterocycles. The van der Waals surface area contributed by atoms with Crippen molar-refractivity contribution in [3.8, 4) is 0 Å². The fourth-order valence-corrected chi connectivity index (χ4v) is 5.08. The summed E-state index contributed by atoms with van der Waals surface area (Å²) in [6, 6.07) is 0. The molecule has 2 heterocycles. The van der Waals surface area contributed by atoms with E-state index in [1.165, 1.54) is 32.1 Å². The molecule has 3 aliphatic rings. The van der Waals surface area contributed by atoms with Crippen molar-refractivity contribution in [2.45, 2.75) is 55.8 Å². The van der Waals surface area contributed by atoms with E-state index in [0.717, 1.165) is 38.3 Å². The first kappa shape index (κ1) is 12.8. The summed E-state index contributed by atoms with van der Waals surface area (Å²) in [7, 11) is 0. The van der Waals surface area contributed by atoms with Gasteiger partial charge < -0.3 is 9.64 Å². The molecule has 3 rings (SSSR count). The Morgan fingerprint density at radius 3 is 2.78 bits per heavy atom. The molecule has 3 fully saturated rings. The molecule has 0 bridgehead atoms. The fraction of sp³-hybridized carbons (Fsp3) is 0.929. The highest BCUT2D eigenvalue weighted by Crippen LogP contribution is 2.43. The third-order valence-electron chi connectivity index (χ3n) is 4.53. The molecule has 1 aliphatic carbocycles. The van der Waals surface area contributed by atoms with Gasteiger partial charge in [0.1, 0.15) is 6.10 Å². The topological polar surface area (TPSA) is 29.5 Å². The van der Waals surface area contributed by atoms with Crippen molar-refractivity contribution in [2.75, 3.05) is 25.4 Å². The molecule has 0 aromatic carbocycles. The van der Waals surface area contributed by atoms with Crippen molar-refractivity contribution < 1.29 is 9.53 Å². The molecule has 1 spiro atoms. The molecule has 0 aromatic rings. The number of carbonyl (C=O) groups excluding carboxylic acids is 1. The summed E-state index contributed by atoms with van der Waals surface area (Å²) in [5, 5.41) is 0. The third-order valence-corrected chi connectivity index (χ3v) is 6.07. The van der Waals surface area contributed by atoms with Gasteiger partial charge in [-0.2, -0.15) is 11.8 Å². The second-order valence-corrected chi connectivity index (χ2v) is 7.42. The molecule has 1 saturated carbocycles. The van der Waals surface area contributed by atoms with E-state index < -0.39 is 0 Å². The number of carbonyl (C=O) groups is 1. The molecule has 0 radical (unpaired) electrons. The molecule has 102 valence electrons. The standard InChI is InChI=1S/C14H23NO2S/c16-13(12-5-4-9-17-12)15-8-10-18-14(11-15)6-2-1-3-7-14/h12H,1-11H2. The van der Waals surface area contributed by atoms with Crippen LogP contribution in [0.1, 0.15) is 44.9 Å². The van der Waals surface area contributed by atoms with Crippen LogP contribution in [0, 0.1) is 0 Å². The molecule has 0 aromatic heterocycles. The Hall–Kier alpha value is -0.220. The second kappa shape index (κ2) is 5.41. The first-order valence-corrected chi connectivity index (χ1v) is 8.32. The lowest BCUT2D eigenvalue weighted by atomic mass is 9.87. The van der Waals surface area contributed by atoms with Crippen molar-refractivity contribution in [3.05, 3.63) is 0 Å². The van der Waals surface area contributed by atoms with E-state index in [-0.39, 0.29) is 12.0 Å². The minimum absolute atomic E-state index is 0.131. The summed E-state index contributed by atoms with van der Waals surface area (Å²) in [5.41, 5.74) is 0. The van der Waals surface area contributed by atoms with Crippen LogP contribution in [0.25, 0.3) is 0 Å². The van der Waals surface area contributed by atoms with Gasteiger partial charge in [-0.3, -0.25) is 4.79 Å². The van der Waals surface area contributed by atoms with Gasteiger partial charge in [0.25, 0.3) is 5.91 Å². The van der Waals surface area contributed by atoms with E-state index >= 15 is 0 Å². The van der Waals surface area contributed by atoms with Crippen molar-refractivity contribution in [3.63, 3.8) is 0 Å². The Labute approximate surface area is 114 Å². The highest BCUT2D eigenvalue weighted by molar-refractivity contribution is 8.00. The van der Waals surface area contributed by atoms with Gasteiger partial charge in [-0.25, -0.2) is 0 Å². The van der Waals surface area contributed by atoms with Gasteiger partial charge in [-0.15, -0.1) is 0 Å². The molecule has 1 amide bonds. The van der Waals surface area contributed by atoms with Crippen LogP contribution in [0.5, 0.6) is 0 Å². The molecular weight excluding hydrogens is 246 g/mol. The maximum atomic E-state index is 12.4. The maximum Gasteiger partial charge on any atom is 0.251 e. The summed E-state index contributed by atoms with van der Waals surface area (Å²) < 4.78 is 5.93. The monoisotopic (exact) mass is 269 g/mol. The molecule has 0 N–H and O–H groups in total. The van der Waals surface area contributed by atoms with Gasteiger partial charge >= 0.3 is 0 Å². The van der Waals surface area contributed by atoms with Gasteiger partial charge in [0.2, 0.25) is 0 Å². The van der Waals surface area contributed by atoms with Crippen molar-refractivity contribution in [1.82, 2.24) is 4.90 Å². The SMILES string of the molecule is O=C(C1CCCO1)N1CCSC2(CCCCC2)C1. The molecule has 18 heavy (non-hydrogen) atoms. The van der Waals surface area contributed by atoms with Crippen LogP contribution in [0.4, 0.5) is 0 Å². The average molecular weight is 269 g/mol. The number of hydrogen-bond acceptors (Lipinski definition) is 3. The first-order chi connectivity index (χ1) is 8.79. The van der Waals surface area contributed by atoms with Crippen LogP contribution in [-0.4, -0.2) is 47.1 Å². The lowest BCUT2D eigenvalue weighted by molar-refractivity contribution is -0.141. The number of rotatable bonds is 1. The number of hydrogen-bond donors (Lipinski definition) is 0. The van der Waals surface area contributed by atoms with Crippen LogP contribution < -0.4 is 0 Å². The van der Waals surface area contributed by atoms with Gasteiger partial charge in [0.15, 0.2) is 0 Å². The number of thioether (sulfide) groups is 1. The largest absolute Gasteiger partial charge is 0.368 e. The number of amides is 1. The van der Waals surface area contributed by atoms with Gasteiger partial charge in [0.05, 0.1) is 0 Å². The van der Waals surface area contributed by atoms with E-state index in [2.05, 4.69) is 16.7 Å². The van der Waals surface area contributed by atoms with Crippen LogP contribution >= 0.6 is 11.8 Å². The average Bonchev–Trinajstić information content (AvgIpc) is 2.93. The van der Waals surface area contributed by atoms with Crippen LogP contribution in [0.15, 0.2) is 0 Å². The Balaban J connectivity index is 1.64. The van der Waals surface area contributed by atoms with E-state index in [0.29, 0.717) is 4.75 Å². The quantitative estimate of drug-likeness (QED) is 0.732. The molecular formula is C14H23NO2S. The smallest absolute Gasteiger partial charge is 0.251 e. The molecule has 3 nitrogen and oxygen atoms in total. The number of nitrogens with zero attached hydrogens (tertiary/aromatic N) is 1. The van der Waals surface area contributed by atoms with Gasteiger partial charge in [0, 0.05) is 30.2 Å². The van der Waals surface area contributed by atoms with Crippen LogP contribution in [0.3, 0.4) is 0 Å². The first-order valence-electron chi connectivity index (χ1n) is 7.33. The van der Waals surface area contributed by atoms with Crippen LogP contribution in [-0.2, 0) is 9.53 Å².